The maximum atomic E-state index is 12.5. The van der Waals surface area contributed by atoms with E-state index >= 15 is 0 Å². The van der Waals surface area contributed by atoms with E-state index in [0.717, 1.165) is 4.31 Å². The molecule has 3 rings (SSSR count). The van der Waals surface area contributed by atoms with Crippen molar-refractivity contribution in [1.82, 2.24) is 4.31 Å². The van der Waals surface area contributed by atoms with Crippen LogP contribution in [0.4, 0.5) is 11.4 Å². The average molecular weight is 417 g/mol. The molecule has 0 fully saturated rings. The molecule has 0 saturated carbocycles. The van der Waals surface area contributed by atoms with Crippen molar-refractivity contribution in [3.63, 3.8) is 0 Å². The predicted molar refractivity (Wildman–Crippen MR) is 105 cm³/mol. The fraction of sp³-hybridized carbons (Fsp3) is 0.211. The topological polar surface area (TPSA) is 113 Å². The monoisotopic (exact) mass is 417 g/mol. The van der Waals surface area contributed by atoms with Gasteiger partial charge in [0.2, 0.25) is 15.9 Å². The minimum Gasteiger partial charge on any atom is -0.452 e. The fourth-order valence-corrected chi connectivity index (χ4v) is 3.69. The molecule has 0 bridgehead atoms. The molecule has 1 heterocycles. The number of anilines is 2. The lowest BCUT2D eigenvalue weighted by atomic mass is 10.2. The highest BCUT2D eigenvalue weighted by Gasteiger charge is 2.27. The van der Waals surface area contributed by atoms with Crippen LogP contribution in [0.3, 0.4) is 0 Å². The number of carbonyl (C=O) groups is 3. The van der Waals surface area contributed by atoms with Crippen LogP contribution < -0.4 is 10.2 Å². The largest absolute Gasteiger partial charge is 0.452 e. The smallest absolute Gasteiger partial charge is 0.338 e. The number of rotatable bonds is 5. The Labute approximate surface area is 167 Å². The second-order valence-corrected chi connectivity index (χ2v) is 8.59. The first kappa shape index (κ1) is 20.5. The summed E-state index contributed by atoms with van der Waals surface area (Å²) in [5.41, 5.74) is 0.995. The van der Waals surface area contributed by atoms with Crippen molar-refractivity contribution >= 4 is 39.2 Å². The van der Waals surface area contributed by atoms with Crippen molar-refractivity contribution in [3.05, 3.63) is 54.1 Å². The van der Waals surface area contributed by atoms with Gasteiger partial charge in [0.1, 0.15) is 6.54 Å². The Morgan fingerprint density at radius 3 is 2.59 bits per heavy atom. The van der Waals surface area contributed by atoms with Crippen LogP contribution in [0.5, 0.6) is 0 Å². The number of nitrogens with one attached hydrogen (secondary N) is 1. The van der Waals surface area contributed by atoms with Crippen LogP contribution in [0.2, 0.25) is 0 Å². The number of hydrogen-bond donors (Lipinski definition) is 1. The first-order valence-corrected chi connectivity index (χ1v) is 10.0. The lowest BCUT2D eigenvalue weighted by Crippen LogP contribution is -2.44. The Morgan fingerprint density at radius 2 is 1.86 bits per heavy atom. The van der Waals surface area contributed by atoms with Gasteiger partial charge in [-0.05, 0) is 30.3 Å². The number of carbonyl (C=O) groups excluding carboxylic acids is 3. The molecule has 152 valence electrons. The highest BCUT2D eigenvalue weighted by Crippen LogP contribution is 2.28. The van der Waals surface area contributed by atoms with Gasteiger partial charge in [0.25, 0.3) is 5.91 Å². The molecule has 2 amide bonds. The normalized spacial score (nSPS) is 13.6. The van der Waals surface area contributed by atoms with E-state index < -0.39 is 28.5 Å². The van der Waals surface area contributed by atoms with Gasteiger partial charge in [-0.2, -0.15) is 0 Å². The molecule has 0 spiro atoms. The van der Waals surface area contributed by atoms with Crippen molar-refractivity contribution in [2.45, 2.75) is 4.90 Å². The highest BCUT2D eigenvalue weighted by molar-refractivity contribution is 7.89. The Balaban J connectivity index is 1.72. The van der Waals surface area contributed by atoms with E-state index in [1.165, 1.54) is 43.3 Å². The average Bonchev–Trinajstić information content (AvgIpc) is 2.71. The van der Waals surface area contributed by atoms with Gasteiger partial charge < -0.3 is 10.1 Å². The number of benzene rings is 2. The Hall–Kier alpha value is -3.24. The molecule has 9 nitrogen and oxygen atoms in total. The van der Waals surface area contributed by atoms with Gasteiger partial charge in [-0.1, -0.05) is 18.2 Å². The minimum atomic E-state index is -3.71. The minimum absolute atomic E-state index is 0.00230. The summed E-state index contributed by atoms with van der Waals surface area (Å²) in [6, 6.07) is 12.1. The molecule has 0 unspecified atom stereocenters. The molecule has 0 aliphatic carbocycles. The summed E-state index contributed by atoms with van der Waals surface area (Å²) in [4.78, 5) is 37.8. The first-order chi connectivity index (χ1) is 13.7. The zero-order chi connectivity index (χ0) is 21.2. The van der Waals surface area contributed by atoms with E-state index in [0.29, 0.717) is 11.4 Å². The molecule has 29 heavy (non-hydrogen) atoms. The second kappa shape index (κ2) is 8.02. The zero-order valence-electron chi connectivity index (χ0n) is 15.8. The van der Waals surface area contributed by atoms with Gasteiger partial charge in [-0.3, -0.25) is 14.5 Å². The van der Waals surface area contributed by atoms with Gasteiger partial charge in [0.15, 0.2) is 6.61 Å². The maximum Gasteiger partial charge on any atom is 0.338 e. The van der Waals surface area contributed by atoms with Gasteiger partial charge in [-0.25, -0.2) is 17.5 Å². The van der Waals surface area contributed by atoms with Crippen LogP contribution in [0.25, 0.3) is 0 Å². The van der Waals surface area contributed by atoms with Crippen molar-refractivity contribution in [2.24, 2.45) is 0 Å². The summed E-state index contributed by atoms with van der Waals surface area (Å²) in [5, 5.41) is 2.66. The molecular weight excluding hydrogens is 398 g/mol. The molecule has 0 radical (unpaired) electrons. The van der Waals surface area contributed by atoms with E-state index in [1.54, 1.807) is 24.3 Å². The Morgan fingerprint density at radius 1 is 1.14 bits per heavy atom. The maximum absolute atomic E-state index is 12.5. The first-order valence-electron chi connectivity index (χ1n) is 8.59. The van der Waals surface area contributed by atoms with E-state index in [-0.39, 0.29) is 22.9 Å². The molecule has 1 N–H and O–H groups in total. The second-order valence-electron chi connectivity index (χ2n) is 6.44. The third-order valence-electron chi connectivity index (χ3n) is 4.25. The van der Waals surface area contributed by atoms with Gasteiger partial charge in [0, 0.05) is 14.1 Å². The van der Waals surface area contributed by atoms with Crippen LogP contribution in [0, 0.1) is 0 Å². The van der Waals surface area contributed by atoms with Crippen LogP contribution in [-0.2, 0) is 24.3 Å². The molecule has 1 aliphatic rings. The van der Waals surface area contributed by atoms with Crippen molar-refractivity contribution in [2.75, 3.05) is 37.5 Å². The molecule has 0 atom stereocenters. The summed E-state index contributed by atoms with van der Waals surface area (Å²) < 4.78 is 30.5. The summed E-state index contributed by atoms with van der Waals surface area (Å²) >= 11 is 0. The van der Waals surface area contributed by atoms with E-state index in [2.05, 4.69) is 5.32 Å². The third kappa shape index (κ3) is 4.28. The predicted octanol–water partition coefficient (Wildman–Crippen LogP) is 1.08. The SMILES string of the molecule is CN(C)S(=O)(=O)c1cccc(C(=O)OCC(=O)N2CC(=O)Nc3ccccc32)c1. The summed E-state index contributed by atoms with van der Waals surface area (Å²) in [6.45, 7) is -0.783. The molecular formula is C19H19N3O6S. The standard InChI is InChI=1S/C19H19N3O6S/c1-21(2)29(26,27)14-7-5-6-13(10-14)19(25)28-12-18(24)22-11-17(23)20-15-8-3-4-9-16(15)22/h3-10H,11-12H2,1-2H3,(H,20,23). The molecule has 1 aliphatic heterocycles. The lowest BCUT2D eigenvalue weighted by molar-refractivity contribution is -0.124. The number of sulfonamides is 1. The lowest BCUT2D eigenvalue weighted by Gasteiger charge is -2.28. The van der Waals surface area contributed by atoms with E-state index in [4.69, 9.17) is 4.74 Å². The van der Waals surface area contributed by atoms with Crippen LogP contribution >= 0.6 is 0 Å². The molecule has 2 aromatic carbocycles. The van der Waals surface area contributed by atoms with Crippen LogP contribution in [0.1, 0.15) is 10.4 Å². The number of fused-ring (bicyclic) bond motifs is 1. The summed E-state index contributed by atoms with van der Waals surface area (Å²) in [7, 11) is -0.954. The number of nitrogens with zero attached hydrogens (tertiary/aromatic N) is 2. The van der Waals surface area contributed by atoms with Gasteiger partial charge in [-0.15, -0.1) is 0 Å². The van der Waals surface area contributed by atoms with E-state index in [9.17, 15) is 22.8 Å². The van der Waals surface area contributed by atoms with Crippen LogP contribution in [-0.4, -0.2) is 57.8 Å². The molecule has 10 heteroatoms. The zero-order valence-corrected chi connectivity index (χ0v) is 16.6. The van der Waals surface area contributed by atoms with Crippen molar-refractivity contribution in [3.8, 4) is 0 Å². The fourth-order valence-electron chi connectivity index (χ4n) is 2.74. The summed E-state index contributed by atoms with van der Waals surface area (Å²) in [5.74, 6) is -1.77. The third-order valence-corrected chi connectivity index (χ3v) is 6.06. The van der Waals surface area contributed by atoms with Crippen molar-refractivity contribution < 1.29 is 27.5 Å². The number of esters is 1. The van der Waals surface area contributed by atoms with Crippen molar-refractivity contribution in [1.29, 1.82) is 0 Å². The summed E-state index contributed by atoms with van der Waals surface area (Å²) in [6.07, 6.45) is 0. The Bertz CT molecular complexity index is 1080. The van der Waals surface area contributed by atoms with Gasteiger partial charge >= 0.3 is 5.97 Å². The number of para-hydroxylation sites is 2. The molecule has 0 aromatic heterocycles. The van der Waals surface area contributed by atoms with E-state index in [1.807, 2.05) is 0 Å². The quantitative estimate of drug-likeness (QED) is 0.729. The number of ether oxygens (including phenoxy) is 1. The number of amides is 2. The molecule has 0 saturated heterocycles. The molecule has 2 aromatic rings. The highest BCUT2D eigenvalue weighted by atomic mass is 32.2. The van der Waals surface area contributed by atoms with Crippen LogP contribution in [0.15, 0.2) is 53.4 Å². The number of hydrogen-bond acceptors (Lipinski definition) is 6. The van der Waals surface area contributed by atoms with Gasteiger partial charge in [0.05, 0.1) is 21.8 Å². The Kier molecular flexibility index (Phi) is 5.66.